The summed E-state index contributed by atoms with van der Waals surface area (Å²) >= 11 is 0. The summed E-state index contributed by atoms with van der Waals surface area (Å²) in [5.41, 5.74) is 4.87. The zero-order valence-corrected chi connectivity index (χ0v) is 29.1. The zero-order chi connectivity index (χ0) is 36.8. The molecule has 1 atom stereocenters. The van der Waals surface area contributed by atoms with Crippen LogP contribution in [0.25, 0.3) is 11.0 Å². The van der Waals surface area contributed by atoms with Gasteiger partial charge in [-0.15, -0.1) is 0 Å². The van der Waals surface area contributed by atoms with Gasteiger partial charge in [0.05, 0.1) is 34.0 Å². The van der Waals surface area contributed by atoms with E-state index in [0.717, 1.165) is 65.5 Å². The van der Waals surface area contributed by atoms with Crippen LogP contribution in [0.5, 0.6) is 5.75 Å². The maximum Gasteiger partial charge on any atom is 0.270 e. The normalized spacial score (nSPS) is 21.7. The molecule has 3 N–H and O–H groups in total. The minimum atomic E-state index is -1.03. The van der Waals surface area contributed by atoms with Crippen LogP contribution in [-0.4, -0.2) is 98.7 Å². The molecule has 5 amide bonds. The SMILES string of the molecule is CCc1cc2ncc(CN3CCN(c4ccc(C(=O)N[C@H]5C[C@@H](Oc6ccc7c(c6)C(=O)N(C6CCC(=O)NC6=O)C7=O)C5)nc4)CC3)cc2[nH]c1=O. The number of nitrogens with one attached hydrogen (secondary N) is 3. The first-order valence-electron chi connectivity index (χ1n) is 17.9. The largest absolute Gasteiger partial charge is 0.490 e. The van der Waals surface area contributed by atoms with Crippen LogP contribution >= 0.6 is 0 Å². The summed E-state index contributed by atoms with van der Waals surface area (Å²) in [5.74, 6) is -2.10. The van der Waals surface area contributed by atoms with Crippen molar-refractivity contribution in [1.29, 1.82) is 0 Å². The lowest BCUT2D eigenvalue weighted by molar-refractivity contribution is -0.136. The number of fused-ring (bicyclic) bond motifs is 2. The number of hydrogen-bond donors (Lipinski definition) is 3. The van der Waals surface area contributed by atoms with E-state index >= 15 is 0 Å². The van der Waals surface area contributed by atoms with E-state index in [0.29, 0.717) is 30.7 Å². The molecule has 15 nitrogen and oxygen atoms in total. The van der Waals surface area contributed by atoms with Gasteiger partial charge in [0.15, 0.2) is 0 Å². The van der Waals surface area contributed by atoms with Crippen LogP contribution in [0.3, 0.4) is 0 Å². The number of piperazine rings is 1. The number of aryl methyl sites for hydroxylation is 1. The molecule has 4 aliphatic rings. The molecule has 15 heteroatoms. The molecule has 3 aromatic heterocycles. The number of benzene rings is 1. The van der Waals surface area contributed by atoms with Crippen LogP contribution in [0.1, 0.15) is 74.9 Å². The highest BCUT2D eigenvalue weighted by Crippen LogP contribution is 2.33. The van der Waals surface area contributed by atoms with E-state index in [1.807, 2.05) is 31.3 Å². The van der Waals surface area contributed by atoms with E-state index in [4.69, 9.17) is 4.74 Å². The van der Waals surface area contributed by atoms with Crippen molar-refractivity contribution in [1.82, 2.24) is 35.4 Å². The average molecular weight is 719 g/mol. The van der Waals surface area contributed by atoms with Crippen LogP contribution in [0.4, 0.5) is 5.69 Å². The Hall–Kier alpha value is -5.96. The summed E-state index contributed by atoms with van der Waals surface area (Å²) in [7, 11) is 0. The lowest BCUT2D eigenvalue weighted by atomic mass is 9.89. The van der Waals surface area contributed by atoms with Crippen molar-refractivity contribution in [2.24, 2.45) is 0 Å². The fourth-order valence-corrected chi connectivity index (χ4v) is 7.40. The van der Waals surface area contributed by atoms with Crippen molar-refractivity contribution in [3.63, 3.8) is 0 Å². The fourth-order valence-electron chi connectivity index (χ4n) is 7.40. The van der Waals surface area contributed by atoms with Gasteiger partial charge in [-0.05, 0) is 60.9 Å². The standard InChI is InChI=1S/C38H38N8O7/c1-2-22-14-30-31(42-34(22)48)13-21(18-39-30)20-44-9-11-45(12-10-44)24-3-6-29(40-19-24)35(49)41-23-15-26(16-23)53-25-4-5-27-28(17-25)38(52)46(37(27)51)32-7-8-33(47)43-36(32)50/h3-6,13-14,17-19,23,26,32H,2,7-12,15-16,20H2,1H3,(H,41,49)(H,42,48)(H,43,47,50)/t23-,26+,32?. The second-order valence-electron chi connectivity index (χ2n) is 14.0. The number of anilines is 1. The van der Waals surface area contributed by atoms with Crippen molar-refractivity contribution in [2.45, 2.75) is 63.8 Å². The molecule has 0 spiro atoms. The summed E-state index contributed by atoms with van der Waals surface area (Å²) in [5, 5.41) is 5.20. The van der Waals surface area contributed by atoms with Crippen LogP contribution in [-0.2, 0) is 22.6 Å². The quantitative estimate of drug-likeness (QED) is 0.215. The molecule has 1 saturated carbocycles. The van der Waals surface area contributed by atoms with Gasteiger partial charge in [-0.2, -0.15) is 0 Å². The number of piperidine rings is 1. The number of hydrogen-bond acceptors (Lipinski definition) is 11. The Labute approximate surface area is 303 Å². The third-order valence-corrected chi connectivity index (χ3v) is 10.5. The minimum absolute atomic E-state index is 0.0519. The number of aromatic nitrogens is 3. The Bertz CT molecular complexity index is 2210. The number of H-pyrrole nitrogens is 1. The first-order valence-corrected chi connectivity index (χ1v) is 17.9. The lowest BCUT2D eigenvalue weighted by Gasteiger charge is -2.36. The molecule has 1 unspecified atom stereocenters. The summed E-state index contributed by atoms with van der Waals surface area (Å²) in [6.45, 7) is 5.99. The number of carbonyl (C=O) groups excluding carboxylic acids is 5. The Balaban J connectivity index is 0.791. The van der Waals surface area contributed by atoms with Crippen molar-refractivity contribution in [3.05, 3.63) is 93.2 Å². The fraction of sp³-hybridized carbons (Fsp3) is 0.368. The van der Waals surface area contributed by atoms with Crippen molar-refractivity contribution in [2.75, 3.05) is 31.1 Å². The van der Waals surface area contributed by atoms with Gasteiger partial charge >= 0.3 is 0 Å². The third-order valence-electron chi connectivity index (χ3n) is 10.5. The van der Waals surface area contributed by atoms with Crippen molar-refractivity contribution >= 4 is 46.3 Å². The molecule has 272 valence electrons. The molecule has 1 aromatic carbocycles. The van der Waals surface area contributed by atoms with Gasteiger partial charge in [0.2, 0.25) is 11.8 Å². The van der Waals surface area contributed by atoms with Crippen molar-refractivity contribution < 1.29 is 28.7 Å². The van der Waals surface area contributed by atoms with Gasteiger partial charge < -0.3 is 19.9 Å². The second kappa shape index (κ2) is 13.9. The molecule has 2 saturated heterocycles. The Morgan fingerprint density at radius 2 is 1.72 bits per heavy atom. The maximum absolute atomic E-state index is 13.1. The number of amides is 5. The molecule has 0 radical (unpaired) electrons. The van der Waals surface area contributed by atoms with Gasteiger partial charge in [-0.3, -0.25) is 48.9 Å². The molecule has 1 aliphatic carbocycles. The molecular weight excluding hydrogens is 680 g/mol. The number of imide groups is 2. The molecule has 8 rings (SSSR count). The summed E-state index contributed by atoms with van der Waals surface area (Å²) < 4.78 is 6.05. The monoisotopic (exact) mass is 718 g/mol. The summed E-state index contributed by atoms with van der Waals surface area (Å²) in [6.07, 6.45) is 5.34. The van der Waals surface area contributed by atoms with E-state index in [1.165, 1.54) is 12.1 Å². The first kappa shape index (κ1) is 34.1. The minimum Gasteiger partial charge on any atom is -0.490 e. The molecule has 3 aliphatic heterocycles. The number of nitrogens with zero attached hydrogens (tertiary/aromatic N) is 5. The van der Waals surface area contributed by atoms with E-state index in [-0.39, 0.29) is 47.6 Å². The van der Waals surface area contributed by atoms with E-state index in [2.05, 4.69) is 35.4 Å². The Kier molecular flexibility index (Phi) is 8.94. The highest BCUT2D eigenvalue weighted by molar-refractivity contribution is 6.23. The topological polar surface area (TPSA) is 187 Å². The van der Waals surface area contributed by atoms with Crippen LogP contribution in [0.2, 0.25) is 0 Å². The first-order chi connectivity index (χ1) is 25.6. The van der Waals surface area contributed by atoms with Crippen LogP contribution < -0.4 is 25.8 Å². The molecular formula is C38H38N8O7. The van der Waals surface area contributed by atoms with E-state index in [9.17, 15) is 28.8 Å². The Morgan fingerprint density at radius 1 is 0.925 bits per heavy atom. The van der Waals surface area contributed by atoms with Gasteiger partial charge in [0.25, 0.3) is 23.3 Å². The van der Waals surface area contributed by atoms with Gasteiger partial charge in [0, 0.05) is 69.8 Å². The third kappa shape index (κ3) is 6.75. The number of carbonyl (C=O) groups is 5. The maximum atomic E-state index is 13.1. The number of aromatic amines is 1. The summed E-state index contributed by atoms with van der Waals surface area (Å²) in [6, 6.07) is 11.0. The predicted molar refractivity (Wildman–Crippen MR) is 191 cm³/mol. The van der Waals surface area contributed by atoms with E-state index in [1.54, 1.807) is 18.3 Å². The van der Waals surface area contributed by atoms with Crippen LogP contribution in [0.15, 0.2) is 59.7 Å². The van der Waals surface area contributed by atoms with Crippen LogP contribution in [0, 0.1) is 0 Å². The summed E-state index contributed by atoms with van der Waals surface area (Å²) in [4.78, 5) is 92.6. The highest BCUT2D eigenvalue weighted by atomic mass is 16.5. The smallest absolute Gasteiger partial charge is 0.270 e. The molecule has 6 heterocycles. The van der Waals surface area contributed by atoms with E-state index < -0.39 is 29.7 Å². The van der Waals surface area contributed by atoms with Crippen molar-refractivity contribution in [3.8, 4) is 5.75 Å². The number of ether oxygens (including phenoxy) is 1. The second-order valence-corrected chi connectivity index (χ2v) is 14.0. The molecule has 4 aromatic rings. The lowest BCUT2D eigenvalue weighted by Crippen LogP contribution is -2.54. The molecule has 0 bridgehead atoms. The number of rotatable bonds is 9. The van der Waals surface area contributed by atoms with Gasteiger partial charge in [0.1, 0.15) is 23.6 Å². The van der Waals surface area contributed by atoms with Gasteiger partial charge in [-0.25, -0.2) is 4.98 Å². The average Bonchev–Trinajstić information content (AvgIpc) is 3.38. The highest BCUT2D eigenvalue weighted by Gasteiger charge is 2.45. The number of pyridine rings is 3. The Morgan fingerprint density at radius 3 is 2.45 bits per heavy atom. The predicted octanol–water partition coefficient (Wildman–Crippen LogP) is 1.94. The molecule has 53 heavy (non-hydrogen) atoms. The van der Waals surface area contributed by atoms with Gasteiger partial charge in [-0.1, -0.05) is 6.92 Å². The molecule has 3 fully saturated rings. The zero-order valence-electron chi connectivity index (χ0n) is 29.1.